The maximum absolute atomic E-state index is 12.3. The number of halogens is 2. The second-order valence-electron chi connectivity index (χ2n) is 6.75. The number of ether oxygens (including phenoxy) is 2. The first-order valence-electron chi connectivity index (χ1n) is 9.45. The van der Waals surface area contributed by atoms with Crippen molar-refractivity contribution in [2.75, 3.05) is 7.11 Å². The van der Waals surface area contributed by atoms with Crippen molar-refractivity contribution in [1.29, 1.82) is 0 Å². The third kappa shape index (κ3) is 5.74. The van der Waals surface area contributed by atoms with Gasteiger partial charge in [0.05, 0.1) is 34.7 Å². The summed E-state index contributed by atoms with van der Waals surface area (Å²) in [7, 11) is 1.46. The maximum atomic E-state index is 12.3. The zero-order valence-electron chi connectivity index (χ0n) is 17.6. The summed E-state index contributed by atoms with van der Waals surface area (Å²) in [5.74, 6) is -0.300. The van der Waals surface area contributed by atoms with E-state index in [4.69, 9.17) is 21.1 Å². The van der Waals surface area contributed by atoms with E-state index in [-0.39, 0.29) is 18.2 Å². The van der Waals surface area contributed by atoms with Gasteiger partial charge in [0.15, 0.2) is 11.5 Å². The molecule has 8 nitrogen and oxygen atoms in total. The molecule has 1 aromatic heterocycles. The molecule has 0 bridgehead atoms. The predicted molar refractivity (Wildman–Crippen MR) is 125 cm³/mol. The van der Waals surface area contributed by atoms with Gasteiger partial charge in [-0.1, -0.05) is 17.7 Å². The first-order valence-corrected chi connectivity index (χ1v) is 10.6. The lowest BCUT2D eigenvalue weighted by Crippen LogP contribution is -2.24. The van der Waals surface area contributed by atoms with Crippen LogP contribution in [0.15, 0.2) is 52.0 Å². The molecule has 0 spiro atoms. The summed E-state index contributed by atoms with van der Waals surface area (Å²) in [6.45, 7) is 3.76. The van der Waals surface area contributed by atoms with E-state index in [1.807, 2.05) is 13.8 Å². The third-order valence-corrected chi connectivity index (χ3v) is 5.82. The van der Waals surface area contributed by atoms with Crippen molar-refractivity contribution < 1.29 is 19.1 Å². The standard InChI is InChI=1S/C22H20BrClN4O4/c1-13-21(23)14(2)28(27-13)12-20(29)26-25-11-15-7-8-18(19(9-15)31-3)32-22(30)16-5-4-6-17(24)10-16/h4-11H,12H2,1-3H3,(H,26,29). The van der Waals surface area contributed by atoms with E-state index in [1.54, 1.807) is 41.1 Å². The Bertz CT molecular complexity index is 1190. The van der Waals surface area contributed by atoms with Crippen LogP contribution in [0.4, 0.5) is 0 Å². The van der Waals surface area contributed by atoms with Crippen molar-refractivity contribution in [3.63, 3.8) is 0 Å². The zero-order chi connectivity index (χ0) is 23.3. The number of aromatic nitrogens is 2. The fourth-order valence-electron chi connectivity index (χ4n) is 2.80. The summed E-state index contributed by atoms with van der Waals surface area (Å²) in [4.78, 5) is 24.5. The summed E-state index contributed by atoms with van der Waals surface area (Å²) >= 11 is 9.35. The minimum Gasteiger partial charge on any atom is -0.493 e. The Morgan fingerprint density at radius 2 is 2.00 bits per heavy atom. The van der Waals surface area contributed by atoms with Crippen LogP contribution in [0.25, 0.3) is 0 Å². The minimum atomic E-state index is -0.560. The van der Waals surface area contributed by atoms with Crippen LogP contribution in [0.1, 0.15) is 27.3 Å². The Morgan fingerprint density at radius 3 is 2.66 bits per heavy atom. The zero-order valence-corrected chi connectivity index (χ0v) is 19.9. The molecule has 0 aliphatic carbocycles. The molecule has 2 aromatic carbocycles. The SMILES string of the molecule is COc1cc(C=NNC(=O)Cn2nc(C)c(Br)c2C)ccc1OC(=O)c1cccc(Cl)c1. The predicted octanol–water partition coefficient (Wildman–Crippen LogP) is 4.29. The molecule has 1 N–H and O–H groups in total. The van der Waals surface area contributed by atoms with Crippen LogP contribution in [-0.4, -0.2) is 35.0 Å². The second kappa shape index (κ2) is 10.4. The number of hydrogen-bond acceptors (Lipinski definition) is 6. The molecule has 1 heterocycles. The van der Waals surface area contributed by atoms with Gasteiger partial charge < -0.3 is 9.47 Å². The van der Waals surface area contributed by atoms with Gasteiger partial charge in [0.1, 0.15) is 6.54 Å². The quantitative estimate of drug-likeness (QED) is 0.217. The van der Waals surface area contributed by atoms with Gasteiger partial charge in [-0.3, -0.25) is 9.48 Å². The Balaban J connectivity index is 1.63. The molecule has 0 saturated heterocycles. The van der Waals surface area contributed by atoms with Crippen LogP contribution in [0.5, 0.6) is 11.5 Å². The van der Waals surface area contributed by atoms with Gasteiger partial charge in [-0.05, 0) is 71.7 Å². The van der Waals surface area contributed by atoms with Crippen molar-refractivity contribution in [3.8, 4) is 11.5 Å². The van der Waals surface area contributed by atoms with Crippen LogP contribution in [0, 0.1) is 13.8 Å². The molecular formula is C22H20BrClN4O4. The first-order chi connectivity index (χ1) is 15.3. The van der Waals surface area contributed by atoms with Crippen LogP contribution < -0.4 is 14.9 Å². The lowest BCUT2D eigenvalue weighted by molar-refractivity contribution is -0.121. The average molecular weight is 520 g/mol. The highest BCUT2D eigenvalue weighted by Gasteiger charge is 2.14. The molecule has 3 aromatic rings. The fraction of sp³-hybridized carbons (Fsp3) is 0.182. The van der Waals surface area contributed by atoms with Gasteiger partial charge in [0.25, 0.3) is 5.91 Å². The van der Waals surface area contributed by atoms with Crippen LogP contribution in [-0.2, 0) is 11.3 Å². The van der Waals surface area contributed by atoms with Gasteiger partial charge in [0.2, 0.25) is 0 Å². The summed E-state index contributed by atoms with van der Waals surface area (Å²) in [6, 6.07) is 11.3. The lowest BCUT2D eigenvalue weighted by Gasteiger charge is -2.10. The van der Waals surface area contributed by atoms with Crippen LogP contribution in [0.2, 0.25) is 5.02 Å². The van der Waals surface area contributed by atoms with Crippen molar-refractivity contribution >= 4 is 45.6 Å². The number of amides is 1. The summed E-state index contributed by atoms with van der Waals surface area (Å²) in [5.41, 5.74) is 5.08. The van der Waals surface area contributed by atoms with E-state index in [9.17, 15) is 9.59 Å². The topological polar surface area (TPSA) is 94.8 Å². The number of esters is 1. The van der Waals surface area contributed by atoms with Gasteiger partial charge in [-0.15, -0.1) is 0 Å². The average Bonchev–Trinajstić information content (AvgIpc) is 3.01. The molecule has 0 atom stereocenters. The number of rotatable bonds is 7. The summed E-state index contributed by atoms with van der Waals surface area (Å²) in [6.07, 6.45) is 1.46. The highest BCUT2D eigenvalue weighted by atomic mass is 79.9. The number of aryl methyl sites for hydroxylation is 1. The lowest BCUT2D eigenvalue weighted by atomic mass is 10.2. The molecule has 1 amide bonds. The van der Waals surface area contributed by atoms with Crippen molar-refractivity contribution in [3.05, 3.63) is 74.5 Å². The van der Waals surface area contributed by atoms with Crippen molar-refractivity contribution in [1.82, 2.24) is 15.2 Å². The minimum absolute atomic E-state index is 0.0390. The van der Waals surface area contributed by atoms with E-state index in [2.05, 4.69) is 31.6 Å². The molecule has 166 valence electrons. The van der Waals surface area contributed by atoms with Gasteiger partial charge in [-0.2, -0.15) is 10.2 Å². The van der Waals surface area contributed by atoms with Crippen molar-refractivity contribution in [2.45, 2.75) is 20.4 Å². The maximum Gasteiger partial charge on any atom is 0.343 e. The smallest absolute Gasteiger partial charge is 0.343 e. The molecular weight excluding hydrogens is 500 g/mol. The van der Waals surface area contributed by atoms with E-state index >= 15 is 0 Å². The highest BCUT2D eigenvalue weighted by molar-refractivity contribution is 9.10. The number of carbonyl (C=O) groups excluding carboxylic acids is 2. The van der Waals surface area contributed by atoms with Crippen molar-refractivity contribution in [2.24, 2.45) is 5.10 Å². The number of hydrazone groups is 1. The normalized spacial score (nSPS) is 10.9. The fourth-order valence-corrected chi connectivity index (χ4v) is 3.28. The third-order valence-electron chi connectivity index (χ3n) is 4.44. The van der Waals surface area contributed by atoms with E-state index in [1.165, 1.54) is 19.4 Å². The Hall–Kier alpha value is -3.17. The van der Waals surface area contributed by atoms with Crippen LogP contribution in [0.3, 0.4) is 0 Å². The number of methoxy groups -OCH3 is 1. The molecule has 0 fully saturated rings. The number of carbonyl (C=O) groups is 2. The number of nitrogens with zero attached hydrogens (tertiary/aromatic N) is 3. The molecule has 3 rings (SSSR count). The van der Waals surface area contributed by atoms with Gasteiger partial charge in [0, 0.05) is 5.02 Å². The Kier molecular flexibility index (Phi) is 7.66. The van der Waals surface area contributed by atoms with Crippen LogP contribution >= 0.6 is 27.5 Å². The second-order valence-corrected chi connectivity index (χ2v) is 7.98. The molecule has 10 heteroatoms. The van der Waals surface area contributed by atoms with E-state index in [0.29, 0.717) is 21.9 Å². The molecule has 0 aliphatic rings. The highest BCUT2D eigenvalue weighted by Crippen LogP contribution is 2.28. The number of benzene rings is 2. The Labute approximate surface area is 198 Å². The first kappa shape index (κ1) is 23.5. The summed E-state index contributed by atoms with van der Waals surface area (Å²) in [5, 5.41) is 8.69. The number of hydrogen-bond donors (Lipinski definition) is 1. The molecule has 0 aliphatic heterocycles. The largest absolute Gasteiger partial charge is 0.493 e. The Morgan fingerprint density at radius 1 is 1.22 bits per heavy atom. The van der Waals surface area contributed by atoms with Gasteiger partial charge in [-0.25, -0.2) is 10.2 Å². The monoisotopic (exact) mass is 518 g/mol. The molecule has 0 saturated carbocycles. The number of nitrogens with one attached hydrogen (secondary N) is 1. The van der Waals surface area contributed by atoms with E-state index in [0.717, 1.165) is 15.9 Å². The molecule has 0 unspecified atom stereocenters. The molecule has 32 heavy (non-hydrogen) atoms. The van der Waals surface area contributed by atoms with Gasteiger partial charge >= 0.3 is 5.97 Å². The van der Waals surface area contributed by atoms with E-state index < -0.39 is 5.97 Å². The summed E-state index contributed by atoms with van der Waals surface area (Å²) < 4.78 is 13.2. The molecule has 0 radical (unpaired) electrons.